The molecule has 0 aromatic carbocycles. The highest BCUT2D eigenvalue weighted by atomic mass is 16.1. The summed E-state index contributed by atoms with van der Waals surface area (Å²) in [5.41, 5.74) is 1.58. The second-order valence-corrected chi connectivity index (χ2v) is 3.32. The Morgan fingerprint density at radius 1 is 1.60 bits per heavy atom. The predicted octanol–water partition coefficient (Wildman–Crippen LogP) is 1.85. The van der Waals surface area contributed by atoms with Crippen LogP contribution in [0.3, 0.4) is 0 Å². The van der Waals surface area contributed by atoms with Crippen molar-refractivity contribution in [3.05, 3.63) is 23.8 Å². The maximum absolute atomic E-state index is 10.8. The van der Waals surface area contributed by atoms with Crippen LogP contribution in [0, 0.1) is 5.41 Å². The van der Waals surface area contributed by atoms with Crippen molar-refractivity contribution in [3.63, 3.8) is 0 Å². The van der Waals surface area contributed by atoms with E-state index in [1.807, 2.05) is 6.08 Å². The van der Waals surface area contributed by atoms with E-state index in [0.29, 0.717) is 0 Å². The molecule has 0 amide bonds. The second-order valence-electron chi connectivity index (χ2n) is 3.32. The van der Waals surface area contributed by atoms with E-state index in [2.05, 4.69) is 6.92 Å². The molecule has 52 valence electrons. The maximum atomic E-state index is 10.8. The third-order valence-corrected chi connectivity index (χ3v) is 2.58. The Bertz CT molecular complexity index is 247. The summed E-state index contributed by atoms with van der Waals surface area (Å²) in [6, 6.07) is 0. The Balaban J connectivity index is 2.38. The molecule has 1 unspecified atom stereocenters. The number of carbonyl (C=O) groups is 1. The molecule has 0 aliphatic heterocycles. The Morgan fingerprint density at radius 2 is 2.40 bits per heavy atom. The molecule has 0 spiro atoms. The molecule has 2 aliphatic rings. The highest BCUT2D eigenvalue weighted by Gasteiger charge is 2.36. The first kappa shape index (κ1) is 5.90. The van der Waals surface area contributed by atoms with Crippen LogP contribution in [-0.4, -0.2) is 5.78 Å². The molecule has 0 N–H and O–H groups in total. The van der Waals surface area contributed by atoms with Gasteiger partial charge in [-0.05, 0) is 25.0 Å². The van der Waals surface area contributed by atoms with Crippen molar-refractivity contribution >= 4 is 5.78 Å². The SMILES string of the molecule is CC12C=CC(=O)C=C1CC2. The van der Waals surface area contributed by atoms with Crippen LogP contribution in [0.2, 0.25) is 0 Å². The van der Waals surface area contributed by atoms with Crippen LogP contribution in [0.4, 0.5) is 0 Å². The van der Waals surface area contributed by atoms with Crippen LogP contribution in [0.25, 0.3) is 0 Å². The molecule has 1 heteroatoms. The zero-order valence-corrected chi connectivity index (χ0v) is 6.05. The lowest BCUT2D eigenvalue weighted by Gasteiger charge is -2.40. The minimum atomic E-state index is 0.159. The van der Waals surface area contributed by atoms with Gasteiger partial charge in [0.1, 0.15) is 0 Å². The normalized spacial score (nSPS) is 36.5. The fourth-order valence-electron chi connectivity index (χ4n) is 1.58. The Kier molecular flexibility index (Phi) is 0.942. The third-order valence-electron chi connectivity index (χ3n) is 2.58. The van der Waals surface area contributed by atoms with E-state index in [-0.39, 0.29) is 11.2 Å². The van der Waals surface area contributed by atoms with Gasteiger partial charge >= 0.3 is 0 Å². The molecular formula is C9H10O. The van der Waals surface area contributed by atoms with E-state index in [4.69, 9.17) is 0 Å². The Morgan fingerprint density at radius 3 is 2.80 bits per heavy atom. The number of fused-ring (bicyclic) bond motifs is 1. The van der Waals surface area contributed by atoms with Gasteiger partial charge in [0, 0.05) is 5.41 Å². The maximum Gasteiger partial charge on any atom is 0.178 e. The highest BCUT2D eigenvalue weighted by Crippen LogP contribution is 2.48. The van der Waals surface area contributed by atoms with Gasteiger partial charge in [-0.1, -0.05) is 18.6 Å². The molecular weight excluding hydrogens is 124 g/mol. The van der Waals surface area contributed by atoms with Gasteiger partial charge in [-0.3, -0.25) is 4.79 Å². The van der Waals surface area contributed by atoms with Crippen LogP contribution in [0.1, 0.15) is 19.8 Å². The van der Waals surface area contributed by atoms with Crippen LogP contribution in [0.5, 0.6) is 0 Å². The van der Waals surface area contributed by atoms with Gasteiger partial charge in [0.15, 0.2) is 5.78 Å². The van der Waals surface area contributed by atoms with Gasteiger partial charge in [0.2, 0.25) is 0 Å². The van der Waals surface area contributed by atoms with Gasteiger partial charge in [-0.15, -0.1) is 0 Å². The summed E-state index contributed by atoms with van der Waals surface area (Å²) in [4.78, 5) is 10.8. The summed E-state index contributed by atoms with van der Waals surface area (Å²) in [5, 5.41) is 0. The largest absolute Gasteiger partial charge is 0.290 e. The van der Waals surface area contributed by atoms with Crippen molar-refractivity contribution in [2.75, 3.05) is 0 Å². The molecule has 1 nitrogen and oxygen atoms in total. The predicted molar refractivity (Wildman–Crippen MR) is 39.6 cm³/mol. The minimum Gasteiger partial charge on any atom is -0.290 e. The van der Waals surface area contributed by atoms with Crippen LogP contribution < -0.4 is 0 Å². The lowest BCUT2D eigenvalue weighted by atomic mass is 9.64. The van der Waals surface area contributed by atoms with Crippen molar-refractivity contribution < 1.29 is 4.79 Å². The summed E-state index contributed by atoms with van der Waals surface area (Å²) in [5.74, 6) is 0.159. The van der Waals surface area contributed by atoms with Crippen molar-refractivity contribution in [2.24, 2.45) is 5.41 Å². The zero-order chi connectivity index (χ0) is 7.19. The molecule has 0 bridgehead atoms. The second kappa shape index (κ2) is 1.60. The summed E-state index contributed by atoms with van der Waals surface area (Å²) in [6.45, 7) is 2.19. The number of rotatable bonds is 0. The molecule has 0 aromatic rings. The van der Waals surface area contributed by atoms with Gasteiger partial charge in [-0.2, -0.15) is 0 Å². The van der Waals surface area contributed by atoms with Gasteiger partial charge < -0.3 is 0 Å². The standard InChI is InChI=1S/C9H10O/c1-9-4-2-7(9)6-8(10)3-5-9/h3,5-6H,2,4H2,1H3. The van der Waals surface area contributed by atoms with E-state index in [9.17, 15) is 4.79 Å². The lowest BCUT2D eigenvalue weighted by molar-refractivity contribution is -0.110. The molecule has 2 aliphatic carbocycles. The van der Waals surface area contributed by atoms with E-state index in [1.54, 1.807) is 12.2 Å². The van der Waals surface area contributed by atoms with E-state index < -0.39 is 0 Å². The topological polar surface area (TPSA) is 17.1 Å². The van der Waals surface area contributed by atoms with Crippen LogP contribution in [0.15, 0.2) is 23.8 Å². The molecule has 1 atom stereocenters. The summed E-state index contributed by atoms with van der Waals surface area (Å²) < 4.78 is 0. The van der Waals surface area contributed by atoms with Gasteiger partial charge in [0.05, 0.1) is 0 Å². The highest BCUT2D eigenvalue weighted by molar-refractivity contribution is 6.01. The van der Waals surface area contributed by atoms with Gasteiger partial charge in [-0.25, -0.2) is 0 Å². The molecule has 2 rings (SSSR count). The number of carbonyl (C=O) groups excluding carboxylic acids is 1. The Hall–Kier alpha value is -0.850. The molecule has 0 aromatic heterocycles. The van der Waals surface area contributed by atoms with Gasteiger partial charge in [0.25, 0.3) is 0 Å². The van der Waals surface area contributed by atoms with E-state index in [0.717, 1.165) is 6.42 Å². The van der Waals surface area contributed by atoms with E-state index >= 15 is 0 Å². The average molecular weight is 134 g/mol. The number of hydrogen-bond acceptors (Lipinski definition) is 1. The first-order valence-corrected chi connectivity index (χ1v) is 3.65. The lowest BCUT2D eigenvalue weighted by Crippen LogP contribution is -2.29. The molecule has 0 heterocycles. The fourth-order valence-corrected chi connectivity index (χ4v) is 1.58. The monoisotopic (exact) mass is 134 g/mol. The fraction of sp³-hybridized carbons (Fsp3) is 0.444. The first-order valence-electron chi connectivity index (χ1n) is 3.65. The molecule has 0 saturated heterocycles. The van der Waals surface area contributed by atoms with Crippen molar-refractivity contribution in [1.29, 1.82) is 0 Å². The summed E-state index contributed by atoms with van der Waals surface area (Å²) in [6.07, 6.45) is 7.83. The molecule has 1 saturated carbocycles. The smallest absolute Gasteiger partial charge is 0.178 e. The molecule has 1 fully saturated rings. The Labute approximate surface area is 60.4 Å². The van der Waals surface area contributed by atoms with E-state index in [1.165, 1.54) is 12.0 Å². The quantitative estimate of drug-likeness (QED) is 0.494. The summed E-state index contributed by atoms with van der Waals surface area (Å²) in [7, 11) is 0. The average Bonchev–Trinajstić information content (AvgIpc) is 1.91. The molecule has 0 radical (unpaired) electrons. The third kappa shape index (κ3) is 0.605. The van der Waals surface area contributed by atoms with Crippen molar-refractivity contribution in [2.45, 2.75) is 19.8 Å². The van der Waals surface area contributed by atoms with Crippen LogP contribution in [-0.2, 0) is 4.79 Å². The minimum absolute atomic E-state index is 0.159. The van der Waals surface area contributed by atoms with Crippen molar-refractivity contribution in [1.82, 2.24) is 0 Å². The summed E-state index contributed by atoms with van der Waals surface area (Å²) >= 11 is 0. The first-order chi connectivity index (χ1) is 4.71. The number of hydrogen-bond donors (Lipinski definition) is 0. The number of allylic oxidation sites excluding steroid dienone is 4. The molecule has 10 heavy (non-hydrogen) atoms. The van der Waals surface area contributed by atoms with Crippen LogP contribution >= 0.6 is 0 Å². The number of ketones is 1. The van der Waals surface area contributed by atoms with Crippen molar-refractivity contribution in [3.8, 4) is 0 Å². The zero-order valence-electron chi connectivity index (χ0n) is 6.05.